The number of halogens is 1. The summed E-state index contributed by atoms with van der Waals surface area (Å²) in [7, 11) is 0. The maximum atomic E-state index is 8.67. The average molecular weight is 293 g/mol. The highest BCUT2D eigenvalue weighted by Gasteiger charge is 2.08. The van der Waals surface area contributed by atoms with Gasteiger partial charge in [-0.3, -0.25) is 0 Å². The third-order valence-electron chi connectivity index (χ3n) is 2.23. The number of thiazole rings is 1. The SMILES string of the molecule is Cc1sc(-c2ccc(Br)cc2)nc1CC#N. The number of hydrogen-bond acceptors (Lipinski definition) is 3. The van der Waals surface area contributed by atoms with Gasteiger partial charge in [0.15, 0.2) is 0 Å². The standard InChI is InChI=1S/C12H9BrN2S/c1-8-11(6-7-14)15-12(16-8)9-2-4-10(13)5-3-9/h2-5H,6H2,1H3. The van der Waals surface area contributed by atoms with Gasteiger partial charge in [-0.15, -0.1) is 11.3 Å². The van der Waals surface area contributed by atoms with Gasteiger partial charge in [0.25, 0.3) is 0 Å². The van der Waals surface area contributed by atoms with Gasteiger partial charge in [0.1, 0.15) is 5.01 Å². The minimum Gasteiger partial charge on any atom is -0.240 e. The summed E-state index contributed by atoms with van der Waals surface area (Å²) < 4.78 is 1.06. The zero-order valence-electron chi connectivity index (χ0n) is 8.70. The van der Waals surface area contributed by atoms with Crippen LogP contribution in [0.1, 0.15) is 10.6 Å². The van der Waals surface area contributed by atoms with Crippen molar-refractivity contribution in [2.75, 3.05) is 0 Å². The quantitative estimate of drug-likeness (QED) is 0.840. The van der Waals surface area contributed by atoms with Crippen molar-refractivity contribution in [2.45, 2.75) is 13.3 Å². The predicted molar refractivity (Wildman–Crippen MR) is 69.3 cm³/mol. The lowest BCUT2D eigenvalue weighted by Crippen LogP contribution is -1.84. The highest BCUT2D eigenvalue weighted by atomic mass is 79.9. The zero-order valence-corrected chi connectivity index (χ0v) is 11.1. The molecule has 0 N–H and O–H groups in total. The lowest BCUT2D eigenvalue weighted by atomic mass is 10.2. The van der Waals surface area contributed by atoms with E-state index in [4.69, 9.17) is 5.26 Å². The van der Waals surface area contributed by atoms with Crippen molar-refractivity contribution < 1.29 is 0 Å². The second kappa shape index (κ2) is 4.77. The van der Waals surface area contributed by atoms with Crippen molar-refractivity contribution in [2.24, 2.45) is 0 Å². The summed E-state index contributed by atoms with van der Waals surface area (Å²) >= 11 is 5.04. The van der Waals surface area contributed by atoms with Crippen molar-refractivity contribution in [3.05, 3.63) is 39.3 Å². The van der Waals surface area contributed by atoms with E-state index in [0.29, 0.717) is 6.42 Å². The molecule has 4 heteroatoms. The Morgan fingerprint density at radius 2 is 2.06 bits per heavy atom. The third-order valence-corrected chi connectivity index (χ3v) is 3.82. The summed E-state index contributed by atoms with van der Waals surface area (Å²) in [4.78, 5) is 5.60. The van der Waals surface area contributed by atoms with Crippen LogP contribution in [0.4, 0.5) is 0 Å². The Bertz CT molecular complexity index is 537. The number of benzene rings is 1. The molecule has 2 rings (SSSR count). The molecule has 80 valence electrons. The van der Waals surface area contributed by atoms with E-state index < -0.39 is 0 Å². The van der Waals surface area contributed by atoms with Gasteiger partial charge in [-0.25, -0.2) is 4.98 Å². The molecule has 0 aliphatic rings. The van der Waals surface area contributed by atoms with E-state index in [-0.39, 0.29) is 0 Å². The van der Waals surface area contributed by atoms with Crippen molar-refractivity contribution >= 4 is 27.3 Å². The first-order valence-corrected chi connectivity index (χ1v) is 6.41. The maximum absolute atomic E-state index is 8.67. The van der Waals surface area contributed by atoms with E-state index in [1.807, 2.05) is 31.2 Å². The van der Waals surface area contributed by atoms with E-state index in [9.17, 15) is 0 Å². The fraction of sp³-hybridized carbons (Fsp3) is 0.167. The summed E-state index contributed by atoms with van der Waals surface area (Å²) in [5.74, 6) is 0. The van der Waals surface area contributed by atoms with E-state index in [1.165, 1.54) is 0 Å². The lowest BCUT2D eigenvalue weighted by Gasteiger charge is -1.95. The largest absolute Gasteiger partial charge is 0.240 e. The minimum atomic E-state index is 0.388. The summed E-state index contributed by atoms with van der Waals surface area (Å²) in [6.07, 6.45) is 0.388. The van der Waals surface area contributed by atoms with Crippen LogP contribution in [0, 0.1) is 18.3 Å². The molecule has 0 bridgehead atoms. The Kier molecular flexibility index (Phi) is 3.37. The van der Waals surface area contributed by atoms with Crippen LogP contribution in [0.25, 0.3) is 10.6 Å². The molecule has 0 unspecified atom stereocenters. The summed E-state index contributed by atoms with van der Waals surface area (Å²) in [6.45, 7) is 2.01. The maximum Gasteiger partial charge on any atom is 0.123 e. The number of rotatable bonds is 2. The summed E-state index contributed by atoms with van der Waals surface area (Å²) in [6, 6.07) is 10.2. The molecule has 0 saturated carbocycles. The molecule has 1 heterocycles. The highest BCUT2D eigenvalue weighted by molar-refractivity contribution is 9.10. The first-order chi connectivity index (χ1) is 7.70. The van der Waals surface area contributed by atoms with Gasteiger partial charge in [0.2, 0.25) is 0 Å². The average Bonchev–Trinajstić information content (AvgIpc) is 2.62. The molecule has 16 heavy (non-hydrogen) atoms. The van der Waals surface area contributed by atoms with Crippen LogP contribution in [-0.4, -0.2) is 4.98 Å². The molecule has 0 fully saturated rings. The van der Waals surface area contributed by atoms with Crippen LogP contribution in [0.3, 0.4) is 0 Å². The Balaban J connectivity index is 2.38. The highest BCUT2D eigenvalue weighted by Crippen LogP contribution is 2.28. The zero-order chi connectivity index (χ0) is 11.5. The van der Waals surface area contributed by atoms with Gasteiger partial charge in [-0.1, -0.05) is 28.1 Å². The topological polar surface area (TPSA) is 36.7 Å². The fourth-order valence-electron chi connectivity index (χ4n) is 1.38. The molecule has 0 atom stereocenters. The van der Waals surface area contributed by atoms with Gasteiger partial charge in [0, 0.05) is 14.9 Å². The van der Waals surface area contributed by atoms with Crippen molar-refractivity contribution in [1.29, 1.82) is 5.26 Å². The molecule has 0 aliphatic carbocycles. The Labute approximate surface area is 107 Å². The second-order valence-corrected chi connectivity index (χ2v) is 5.48. The minimum absolute atomic E-state index is 0.388. The molecule has 2 nitrogen and oxygen atoms in total. The monoisotopic (exact) mass is 292 g/mol. The van der Waals surface area contributed by atoms with Gasteiger partial charge >= 0.3 is 0 Å². The smallest absolute Gasteiger partial charge is 0.123 e. The van der Waals surface area contributed by atoms with Gasteiger partial charge in [-0.2, -0.15) is 5.26 Å². The molecule has 2 aromatic rings. The normalized spacial score (nSPS) is 10.1. The van der Waals surface area contributed by atoms with Crippen LogP contribution in [0.5, 0.6) is 0 Å². The van der Waals surface area contributed by atoms with Crippen molar-refractivity contribution in [3.63, 3.8) is 0 Å². The summed E-state index contributed by atoms with van der Waals surface area (Å²) in [5, 5.41) is 9.65. The van der Waals surface area contributed by atoms with E-state index >= 15 is 0 Å². The molecule has 0 amide bonds. The molecule has 0 radical (unpaired) electrons. The molecule has 1 aromatic heterocycles. The lowest BCUT2D eigenvalue weighted by molar-refractivity contribution is 1.13. The predicted octanol–water partition coefficient (Wildman–Crippen LogP) is 3.95. The van der Waals surface area contributed by atoms with Crippen LogP contribution in [-0.2, 0) is 6.42 Å². The molecule has 0 saturated heterocycles. The Morgan fingerprint density at radius 3 is 2.69 bits per heavy atom. The van der Waals surface area contributed by atoms with Crippen LogP contribution < -0.4 is 0 Å². The Hall–Kier alpha value is -1.18. The van der Waals surface area contributed by atoms with Crippen LogP contribution in [0.2, 0.25) is 0 Å². The van der Waals surface area contributed by atoms with Crippen molar-refractivity contribution in [1.82, 2.24) is 4.98 Å². The van der Waals surface area contributed by atoms with Crippen LogP contribution in [0.15, 0.2) is 28.7 Å². The second-order valence-electron chi connectivity index (χ2n) is 3.36. The fourth-order valence-corrected chi connectivity index (χ4v) is 2.58. The van der Waals surface area contributed by atoms with Gasteiger partial charge in [-0.05, 0) is 19.1 Å². The molecule has 0 spiro atoms. The van der Waals surface area contributed by atoms with E-state index in [1.54, 1.807) is 11.3 Å². The van der Waals surface area contributed by atoms with E-state index in [2.05, 4.69) is 27.0 Å². The van der Waals surface area contributed by atoms with Gasteiger partial charge < -0.3 is 0 Å². The van der Waals surface area contributed by atoms with Crippen molar-refractivity contribution in [3.8, 4) is 16.6 Å². The number of aryl methyl sites for hydroxylation is 1. The number of hydrogen-bond donors (Lipinski definition) is 0. The van der Waals surface area contributed by atoms with Crippen LogP contribution >= 0.6 is 27.3 Å². The molecule has 0 aliphatic heterocycles. The third kappa shape index (κ3) is 2.31. The number of nitriles is 1. The first-order valence-electron chi connectivity index (χ1n) is 4.80. The molecule has 1 aromatic carbocycles. The van der Waals surface area contributed by atoms with E-state index in [0.717, 1.165) is 25.6 Å². The molecular weight excluding hydrogens is 284 g/mol. The summed E-state index contributed by atoms with van der Waals surface area (Å²) in [5.41, 5.74) is 1.99. The molecular formula is C12H9BrN2S. The Morgan fingerprint density at radius 1 is 1.38 bits per heavy atom. The first kappa shape index (κ1) is 11.3. The number of aromatic nitrogens is 1. The number of nitrogens with zero attached hydrogens (tertiary/aromatic N) is 2. The van der Waals surface area contributed by atoms with Gasteiger partial charge in [0.05, 0.1) is 18.2 Å².